The van der Waals surface area contributed by atoms with Gasteiger partial charge in [-0.25, -0.2) is 0 Å². The third-order valence-electron chi connectivity index (χ3n) is 6.75. The van der Waals surface area contributed by atoms with Crippen molar-refractivity contribution in [2.75, 3.05) is 6.54 Å². The fraction of sp³-hybridized carbons (Fsp3) is 0.655. The molecule has 0 unspecified atom stereocenters. The van der Waals surface area contributed by atoms with Gasteiger partial charge < -0.3 is 10.8 Å². The van der Waals surface area contributed by atoms with E-state index in [1.165, 1.54) is 9.80 Å². The van der Waals surface area contributed by atoms with Gasteiger partial charge in [-0.2, -0.15) is 0 Å². The maximum atomic E-state index is 11.2. The topological polar surface area (TPSA) is 46.2 Å². The Labute approximate surface area is 213 Å². The molecule has 1 aromatic carbocycles. The number of hydrogen-bond donors (Lipinski definition) is 2. The molecule has 2 nitrogen and oxygen atoms in total. The summed E-state index contributed by atoms with van der Waals surface area (Å²) >= 11 is 3.69. The number of allylic oxidation sites excluding steroid dienone is 2. The average Bonchev–Trinajstić information content (AvgIpc) is 2.59. The first-order valence-corrected chi connectivity index (χ1v) is 13.6. The molecule has 0 aliphatic carbocycles. The zero-order valence-corrected chi connectivity index (χ0v) is 24.9. The summed E-state index contributed by atoms with van der Waals surface area (Å²) in [5, 5.41) is 11.2. The van der Waals surface area contributed by atoms with E-state index < -0.39 is 0 Å². The highest BCUT2D eigenvalue weighted by Gasteiger charge is 2.33. The average molecular weight is 492 g/mol. The van der Waals surface area contributed by atoms with Crippen LogP contribution in [-0.4, -0.2) is 15.7 Å². The van der Waals surface area contributed by atoms with Gasteiger partial charge in [-0.15, -0.1) is 23.5 Å². The van der Waals surface area contributed by atoms with Gasteiger partial charge in [0.15, 0.2) is 0 Å². The molecule has 33 heavy (non-hydrogen) atoms. The first-order valence-electron chi connectivity index (χ1n) is 12.0. The second-order valence-corrected chi connectivity index (χ2v) is 16.5. The first-order chi connectivity index (χ1) is 14.7. The van der Waals surface area contributed by atoms with Crippen molar-refractivity contribution in [3.8, 4) is 5.75 Å². The van der Waals surface area contributed by atoms with Crippen molar-refractivity contribution >= 4 is 23.5 Å². The molecule has 0 fully saturated rings. The number of nitrogens with two attached hydrogens (primary N) is 1. The summed E-state index contributed by atoms with van der Waals surface area (Å²) in [6.07, 6.45) is 5.16. The van der Waals surface area contributed by atoms with E-state index in [1.807, 2.05) is 29.6 Å². The van der Waals surface area contributed by atoms with Crippen LogP contribution < -0.4 is 5.73 Å². The number of aromatic hydroxyl groups is 1. The minimum absolute atomic E-state index is 0.0433. The van der Waals surface area contributed by atoms with Gasteiger partial charge in [0, 0.05) is 20.9 Å². The molecule has 1 rings (SSSR count). The van der Waals surface area contributed by atoms with Gasteiger partial charge in [0.1, 0.15) is 5.75 Å². The maximum absolute atomic E-state index is 11.2. The summed E-state index contributed by atoms with van der Waals surface area (Å²) in [6.45, 7) is 31.4. The van der Waals surface area contributed by atoms with Crippen LogP contribution in [-0.2, 0) is 10.8 Å². The van der Waals surface area contributed by atoms with Crippen LogP contribution in [0, 0.1) is 10.8 Å². The summed E-state index contributed by atoms with van der Waals surface area (Å²) in [6, 6.07) is 4.34. The summed E-state index contributed by atoms with van der Waals surface area (Å²) in [5.74, 6) is 0.411. The van der Waals surface area contributed by atoms with Crippen molar-refractivity contribution in [1.82, 2.24) is 0 Å². The normalized spacial score (nSPS) is 14.5. The van der Waals surface area contributed by atoms with Crippen LogP contribution in [0.4, 0.5) is 0 Å². The molecule has 0 radical (unpaired) electrons. The Balaban J connectivity index is 3.45. The van der Waals surface area contributed by atoms with Gasteiger partial charge in [0.2, 0.25) is 0 Å². The van der Waals surface area contributed by atoms with Crippen LogP contribution in [0.2, 0.25) is 0 Å². The third-order valence-corrected chi connectivity index (χ3v) is 9.23. The molecule has 0 aliphatic rings. The van der Waals surface area contributed by atoms with Crippen molar-refractivity contribution < 1.29 is 5.11 Å². The molecule has 0 aromatic heterocycles. The van der Waals surface area contributed by atoms with Crippen LogP contribution in [0.5, 0.6) is 5.75 Å². The van der Waals surface area contributed by atoms with Crippen LogP contribution in [0.25, 0.3) is 0 Å². The smallest absolute Gasteiger partial charge is 0.123 e. The molecule has 0 saturated heterocycles. The van der Waals surface area contributed by atoms with E-state index in [-0.39, 0.29) is 25.7 Å². The van der Waals surface area contributed by atoms with Crippen LogP contribution >= 0.6 is 23.5 Å². The van der Waals surface area contributed by atoms with Crippen molar-refractivity contribution in [2.45, 2.75) is 109 Å². The predicted molar refractivity (Wildman–Crippen MR) is 153 cm³/mol. The highest BCUT2D eigenvalue weighted by Crippen LogP contribution is 2.50. The molecule has 188 valence electrons. The molecule has 0 bridgehead atoms. The fourth-order valence-electron chi connectivity index (χ4n) is 3.54. The van der Waals surface area contributed by atoms with E-state index in [0.29, 0.717) is 12.3 Å². The lowest BCUT2D eigenvalue weighted by Gasteiger charge is -2.37. The van der Waals surface area contributed by atoms with E-state index in [1.54, 1.807) is 0 Å². The highest BCUT2D eigenvalue weighted by atomic mass is 32.2. The first kappa shape index (κ1) is 30.2. The lowest BCUT2D eigenvalue weighted by molar-refractivity contribution is 0.192. The standard InChI is InChI=1S/C29H49NOS2/c1-14-20(19-28(10,11)26(5,6)7)32-29(12,13)33-21-17-22(25(2,3)4)24(31)23(18-21)27(8,9)15-16-30/h14,17-19,31H,1,15-16,30H2,2-13H3/b20-19+. The van der Waals surface area contributed by atoms with Gasteiger partial charge in [0.25, 0.3) is 0 Å². The second kappa shape index (κ2) is 10.4. The predicted octanol–water partition coefficient (Wildman–Crippen LogP) is 9.02. The van der Waals surface area contributed by atoms with Crippen molar-refractivity contribution in [3.63, 3.8) is 0 Å². The number of benzene rings is 1. The summed E-state index contributed by atoms with van der Waals surface area (Å²) in [5.41, 5.74) is 7.72. The Hall–Kier alpha value is -0.840. The number of thioether (sulfide) groups is 2. The molecule has 0 atom stereocenters. The third kappa shape index (κ3) is 8.11. The van der Waals surface area contributed by atoms with E-state index >= 15 is 0 Å². The highest BCUT2D eigenvalue weighted by molar-refractivity contribution is 8.20. The summed E-state index contributed by atoms with van der Waals surface area (Å²) in [4.78, 5) is 2.37. The minimum Gasteiger partial charge on any atom is -0.507 e. The molecule has 0 amide bonds. The van der Waals surface area contributed by atoms with E-state index in [2.05, 4.69) is 108 Å². The lowest BCUT2D eigenvalue weighted by atomic mass is 9.69. The van der Waals surface area contributed by atoms with Crippen LogP contribution in [0.3, 0.4) is 0 Å². The van der Waals surface area contributed by atoms with Gasteiger partial charge in [0.05, 0.1) is 4.08 Å². The largest absolute Gasteiger partial charge is 0.507 e. The Kier molecular flexibility index (Phi) is 9.53. The quantitative estimate of drug-likeness (QED) is 0.205. The van der Waals surface area contributed by atoms with Crippen LogP contribution in [0.15, 0.2) is 40.7 Å². The number of phenolic OH excluding ortho intramolecular Hbond substituents is 1. The number of rotatable bonds is 9. The van der Waals surface area contributed by atoms with E-state index in [0.717, 1.165) is 17.5 Å². The Bertz CT molecular complexity index is 865. The molecule has 4 heteroatoms. The Morgan fingerprint density at radius 3 is 1.88 bits per heavy atom. The molecule has 0 saturated carbocycles. The Morgan fingerprint density at radius 1 is 0.939 bits per heavy atom. The van der Waals surface area contributed by atoms with Gasteiger partial charge in [-0.05, 0) is 60.6 Å². The summed E-state index contributed by atoms with van der Waals surface area (Å²) in [7, 11) is 0. The minimum atomic E-state index is -0.199. The SMILES string of the molecule is C=C/C(=C\C(C)(C)C(C)(C)C)SC(C)(C)Sc1cc(C(C)(C)C)c(O)c(C(C)(C)CCN)c1. The lowest BCUT2D eigenvalue weighted by Crippen LogP contribution is -2.27. The molecular weight excluding hydrogens is 442 g/mol. The van der Waals surface area contributed by atoms with E-state index in [4.69, 9.17) is 5.73 Å². The van der Waals surface area contributed by atoms with E-state index in [9.17, 15) is 5.11 Å². The molecule has 3 N–H and O–H groups in total. The zero-order chi connectivity index (χ0) is 26.0. The monoisotopic (exact) mass is 491 g/mol. The molecular formula is C29H49NOS2. The van der Waals surface area contributed by atoms with Gasteiger partial charge in [-0.1, -0.05) is 88.0 Å². The van der Waals surface area contributed by atoms with Gasteiger partial charge in [-0.3, -0.25) is 0 Å². The second-order valence-electron chi connectivity index (χ2n) is 12.9. The fourth-order valence-corrected chi connectivity index (χ4v) is 6.21. The molecule has 1 aromatic rings. The van der Waals surface area contributed by atoms with Crippen molar-refractivity contribution in [2.24, 2.45) is 16.6 Å². The van der Waals surface area contributed by atoms with Crippen molar-refractivity contribution in [1.29, 1.82) is 0 Å². The van der Waals surface area contributed by atoms with Gasteiger partial charge >= 0.3 is 0 Å². The van der Waals surface area contributed by atoms with Crippen molar-refractivity contribution in [3.05, 3.63) is 46.9 Å². The number of phenols is 1. The maximum Gasteiger partial charge on any atom is 0.123 e. The summed E-state index contributed by atoms with van der Waals surface area (Å²) < 4.78 is -0.116. The van der Waals surface area contributed by atoms with Crippen LogP contribution in [0.1, 0.15) is 101 Å². The Morgan fingerprint density at radius 2 is 1.45 bits per heavy atom. The molecule has 0 heterocycles. The number of hydrogen-bond acceptors (Lipinski definition) is 4. The molecule has 0 spiro atoms. The zero-order valence-electron chi connectivity index (χ0n) is 23.3. The molecule has 0 aliphatic heterocycles.